The van der Waals surface area contributed by atoms with Crippen LogP contribution in [0.2, 0.25) is 0 Å². The van der Waals surface area contributed by atoms with Gasteiger partial charge in [0.1, 0.15) is 0 Å². The van der Waals surface area contributed by atoms with Crippen molar-refractivity contribution in [3.63, 3.8) is 0 Å². The molecule has 1 heterocycles. The lowest BCUT2D eigenvalue weighted by molar-refractivity contribution is 0.444. The van der Waals surface area contributed by atoms with Crippen LogP contribution in [0.3, 0.4) is 0 Å². The molecular formula is C50H38N2. The number of nitrogens with zero attached hydrogens (tertiary/aromatic N) is 2. The third-order valence-corrected chi connectivity index (χ3v) is 11.8. The lowest BCUT2D eigenvalue weighted by Crippen LogP contribution is -2.15. The number of para-hydroxylation sites is 4. The van der Waals surface area contributed by atoms with Crippen molar-refractivity contribution in [2.75, 3.05) is 4.90 Å². The monoisotopic (exact) mass is 666 g/mol. The van der Waals surface area contributed by atoms with Crippen molar-refractivity contribution in [3.8, 4) is 27.9 Å². The second-order valence-electron chi connectivity index (χ2n) is 14.8. The maximum absolute atomic E-state index is 2.49. The molecule has 2 aliphatic rings. The molecule has 2 aliphatic carbocycles. The summed E-state index contributed by atoms with van der Waals surface area (Å²) < 4.78 is 2.41. The Bertz CT molecular complexity index is 2780. The number of benzene rings is 8. The van der Waals surface area contributed by atoms with Gasteiger partial charge in [-0.1, -0.05) is 104 Å². The van der Waals surface area contributed by atoms with Gasteiger partial charge in [0.05, 0.1) is 11.0 Å². The highest BCUT2D eigenvalue weighted by molar-refractivity contribution is 6.13. The largest absolute Gasteiger partial charge is 0.310 e. The topological polar surface area (TPSA) is 8.17 Å². The van der Waals surface area contributed by atoms with Gasteiger partial charge in [-0.2, -0.15) is 0 Å². The summed E-state index contributed by atoms with van der Waals surface area (Å²) in [6, 6.07) is 61.1. The smallest absolute Gasteiger partial charge is 0.0541 e. The Hall–Kier alpha value is -6.12. The van der Waals surface area contributed by atoms with E-state index in [0.29, 0.717) is 5.92 Å². The van der Waals surface area contributed by atoms with Gasteiger partial charge < -0.3 is 9.47 Å². The first-order valence-electron chi connectivity index (χ1n) is 18.9. The third kappa shape index (κ3) is 4.57. The minimum Gasteiger partial charge on any atom is -0.310 e. The summed E-state index contributed by atoms with van der Waals surface area (Å²) >= 11 is 0. The molecule has 2 heteroatoms. The molecule has 11 rings (SSSR count). The number of aromatic nitrogens is 1. The highest BCUT2D eigenvalue weighted by atomic mass is 15.1. The molecule has 0 amide bonds. The molecule has 0 aliphatic heterocycles. The van der Waals surface area contributed by atoms with Crippen LogP contribution in [0, 0.1) is 0 Å². The molecule has 9 aromatic rings. The van der Waals surface area contributed by atoms with Crippen LogP contribution >= 0.6 is 0 Å². The van der Waals surface area contributed by atoms with E-state index in [1.807, 2.05) is 0 Å². The number of hydrogen-bond donors (Lipinski definition) is 0. The van der Waals surface area contributed by atoms with Crippen molar-refractivity contribution in [2.45, 2.75) is 38.0 Å². The van der Waals surface area contributed by atoms with E-state index in [9.17, 15) is 0 Å². The molecule has 0 spiro atoms. The Kier molecular flexibility index (Phi) is 6.67. The minimum atomic E-state index is 0.612. The lowest BCUT2D eigenvalue weighted by atomic mass is 9.78. The van der Waals surface area contributed by atoms with E-state index in [1.54, 1.807) is 0 Å². The van der Waals surface area contributed by atoms with Gasteiger partial charge in [-0.3, -0.25) is 0 Å². The van der Waals surface area contributed by atoms with E-state index < -0.39 is 0 Å². The molecule has 0 unspecified atom stereocenters. The van der Waals surface area contributed by atoms with Gasteiger partial charge in [0.2, 0.25) is 0 Å². The zero-order valence-electron chi connectivity index (χ0n) is 29.1. The summed E-state index contributed by atoms with van der Waals surface area (Å²) in [6.07, 6.45) is 6.56. The maximum atomic E-state index is 2.49. The fourth-order valence-corrected chi connectivity index (χ4v) is 9.33. The second kappa shape index (κ2) is 11.7. The molecular weight excluding hydrogens is 629 g/mol. The fraction of sp³-hybridized carbons (Fsp3) is 0.120. The molecule has 0 bridgehead atoms. The van der Waals surface area contributed by atoms with Crippen molar-refractivity contribution < 1.29 is 0 Å². The summed E-state index contributed by atoms with van der Waals surface area (Å²) in [5.41, 5.74) is 14.3. The van der Waals surface area contributed by atoms with Crippen LogP contribution in [0.25, 0.3) is 71.3 Å². The molecule has 0 N–H and O–H groups in total. The zero-order valence-corrected chi connectivity index (χ0v) is 29.1. The summed E-state index contributed by atoms with van der Waals surface area (Å²) in [4.78, 5) is 2.49. The van der Waals surface area contributed by atoms with E-state index in [0.717, 1.165) is 0 Å². The Morgan fingerprint density at radius 3 is 1.67 bits per heavy atom. The predicted octanol–water partition coefficient (Wildman–Crippen LogP) is 14.3. The highest BCUT2D eigenvalue weighted by Crippen LogP contribution is 2.51. The van der Waals surface area contributed by atoms with Gasteiger partial charge in [-0.25, -0.2) is 0 Å². The van der Waals surface area contributed by atoms with Gasteiger partial charge in [-0.05, 0) is 147 Å². The SMILES string of the molecule is c1ccc(N(c2ccc3cc4c(cc3c2)-c2cc3ccc(-n5c6ccccc6c6ccccc65)cc3cc2-4)c2ccccc2C2CCCCC2)cc1. The molecule has 1 fully saturated rings. The van der Waals surface area contributed by atoms with E-state index in [4.69, 9.17) is 0 Å². The van der Waals surface area contributed by atoms with Crippen molar-refractivity contribution in [2.24, 2.45) is 0 Å². The average molecular weight is 667 g/mol. The molecule has 0 radical (unpaired) electrons. The van der Waals surface area contributed by atoms with Crippen molar-refractivity contribution >= 4 is 60.4 Å². The van der Waals surface area contributed by atoms with Gasteiger partial charge >= 0.3 is 0 Å². The highest BCUT2D eigenvalue weighted by Gasteiger charge is 2.26. The summed E-state index contributed by atoms with van der Waals surface area (Å²) in [6.45, 7) is 0. The van der Waals surface area contributed by atoms with Crippen molar-refractivity contribution in [1.82, 2.24) is 4.57 Å². The van der Waals surface area contributed by atoms with Crippen LogP contribution in [0.1, 0.15) is 43.6 Å². The maximum Gasteiger partial charge on any atom is 0.0541 e. The Labute approximate surface area is 304 Å². The first-order valence-corrected chi connectivity index (χ1v) is 18.9. The quantitative estimate of drug-likeness (QED) is 0.177. The second-order valence-corrected chi connectivity index (χ2v) is 14.8. The lowest BCUT2D eigenvalue weighted by Gasteiger charge is -2.32. The third-order valence-electron chi connectivity index (χ3n) is 11.8. The van der Waals surface area contributed by atoms with E-state index in [1.165, 1.54) is 126 Å². The number of hydrogen-bond acceptors (Lipinski definition) is 1. The van der Waals surface area contributed by atoms with Gasteiger partial charge in [0.25, 0.3) is 0 Å². The molecule has 1 saturated carbocycles. The molecule has 1 aromatic heterocycles. The van der Waals surface area contributed by atoms with Gasteiger partial charge in [0.15, 0.2) is 0 Å². The first-order chi connectivity index (χ1) is 25.8. The average Bonchev–Trinajstić information content (AvgIpc) is 3.55. The van der Waals surface area contributed by atoms with Gasteiger partial charge in [-0.15, -0.1) is 0 Å². The summed E-state index contributed by atoms with van der Waals surface area (Å²) in [5, 5.41) is 7.69. The fourth-order valence-electron chi connectivity index (χ4n) is 9.33. The Balaban J connectivity index is 1.00. The molecule has 52 heavy (non-hydrogen) atoms. The predicted molar refractivity (Wildman–Crippen MR) is 221 cm³/mol. The normalized spacial score (nSPS) is 14.1. The van der Waals surface area contributed by atoms with Crippen LogP contribution in [0.15, 0.2) is 164 Å². The van der Waals surface area contributed by atoms with Gasteiger partial charge in [0, 0.05) is 33.5 Å². The van der Waals surface area contributed by atoms with Crippen LogP contribution in [-0.2, 0) is 0 Å². The Morgan fingerprint density at radius 1 is 0.423 bits per heavy atom. The van der Waals surface area contributed by atoms with Crippen LogP contribution in [0.4, 0.5) is 17.1 Å². The number of fused-ring (bicyclic) bond motifs is 9. The minimum absolute atomic E-state index is 0.612. The zero-order chi connectivity index (χ0) is 34.2. The Morgan fingerprint density at radius 2 is 0.981 bits per heavy atom. The van der Waals surface area contributed by atoms with Crippen LogP contribution in [0.5, 0.6) is 0 Å². The summed E-state index contributed by atoms with van der Waals surface area (Å²) in [5.74, 6) is 0.612. The standard InChI is InChI=1S/C50H38N2/c1-3-13-33(14-4-1)41-17-7-10-20-48(41)51(38-15-5-2-6-16-38)39-25-23-34-29-44-46(31-36(34)27-39)45-30-35-24-26-40(28-37(35)32-47(44)45)52-49-21-11-8-18-42(49)43-19-9-12-22-50(43)52/h2,5-12,15-33H,1,3-4,13-14H2. The molecule has 8 aromatic carbocycles. The molecule has 0 atom stereocenters. The van der Waals surface area contributed by atoms with E-state index in [2.05, 4.69) is 173 Å². The van der Waals surface area contributed by atoms with Crippen molar-refractivity contribution in [1.29, 1.82) is 0 Å². The van der Waals surface area contributed by atoms with E-state index >= 15 is 0 Å². The van der Waals surface area contributed by atoms with Crippen molar-refractivity contribution in [3.05, 3.63) is 169 Å². The molecule has 2 nitrogen and oxygen atoms in total. The summed E-state index contributed by atoms with van der Waals surface area (Å²) in [7, 11) is 0. The number of anilines is 3. The van der Waals surface area contributed by atoms with Crippen LogP contribution in [-0.4, -0.2) is 4.57 Å². The van der Waals surface area contributed by atoms with Crippen LogP contribution < -0.4 is 4.90 Å². The van der Waals surface area contributed by atoms with E-state index in [-0.39, 0.29) is 0 Å². The molecule has 0 saturated heterocycles. The first kappa shape index (κ1) is 29.6. The molecule has 248 valence electrons. The number of rotatable bonds is 5.